The number of hydrogen-bond donors (Lipinski definition) is 1. The smallest absolute Gasteiger partial charge is 0.0547 e. The first-order valence-electron chi connectivity index (χ1n) is 6.69. The maximum Gasteiger partial charge on any atom is 0.0547 e. The Balaban J connectivity index is 1.84. The van der Waals surface area contributed by atoms with Crippen LogP contribution in [0.1, 0.15) is 30.1 Å². The van der Waals surface area contributed by atoms with Gasteiger partial charge in [-0.25, -0.2) is 0 Å². The maximum atomic E-state index is 4.40. The summed E-state index contributed by atoms with van der Waals surface area (Å²) in [6.45, 7) is 0. The number of fused-ring (bicyclic) bond motifs is 1. The zero-order valence-electron chi connectivity index (χ0n) is 11.4. The first-order valence-corrected chi connectivity index (χ1v) is 7.92. The minimum absolute atomic E-state index is 0.398. The molecule has 1 unspecified atom stereocenters. The molecule has 1 N–H and O–H groups in total. The van der Waals surface area contributed by atoms with Crippen molar-refractivity contribution in [1.82, 2.24) is 9.78 Å². The summed E-state index contributed by atoms with van der Waals surface area (Å²) in [4.78, 5) is 1.30. The van der Waals surface area contributed by atoms with Gasteiger partial charge in [0.1, 0.15) is 0 Å². The van der Waals surface area contributed by atoms with Crippen LogP contribution in [0.5, 0.6) is 0 Å². The summed E-state index contributed by atoms with van der Waals surface area (Å²) in [6, 6.07) is 9.02. The average Bonchev–Trinajstić information content (AvgIpc) is 2.82. The molecule has 3 nitrogen and oxygen atoms in total. The van der Waals surface area contributed by atoms with Gasteiger partial charge in [-0.3, -0.25) is 4.68 Å². The summed E-state index contributed by atoms with van der Waals surface area (Å²) in [5, 5.41) is 8.05. The molecule has 0 bridgehead atoms. The van der Waals surface area contributed by atoms with Gasteiger partial charge in [0.25, 0.3) is 0 Å². The fourth-order valence-electron chi connectivity index (χ4n) is 2.77. The molecule has 2 aromatic rings. The lowest BCUT2D eigenvalue weighted by Gasteiger charge is -2.25. The standard InChI is InChI=1S/C15H19N3S/c1-18-15-8-4-7-14(13(15)10-16-18)17-11-5-3-6-12(9-11)19-2/h3,5-6,9-10,14,17H,4,7-8H2,1-2H3. The second kappa shape index (κ2) is 5.29. The van der Waals surface area contributed by atoms with Gasteiger partial charge in [-0.1, -0.05) is 6.07 Å². The van der Waals surface area contributed by atoms with Crippen molar-refractivity contribution in [3.63, 3.8) is 0 Å². The van der Waals surface area contributed by atoms with Crippen LogP contribution < -0.4 is 5.32 Å². The van der Waals surface area contributed by atoms with E-state index in [0.29, 0.717) is 6.04 Å². The monoisotopic (exact) mass is 273 g/mol. The van der Waals surface area contributed by atoms with Crippen molar-refractivity contribution in [2.75, 3.05) is 11.6 Å². The van der Waals surface area contributed by atoms with Crippen LogP contribution in [0.15, 0.2) is 35.4 Å². The number of nitrogens with one attached hydrogen (secondary N) is 1. The number of aromatic nitrogens is 2. The molecule has 1 aliphatic rings. The van der Waals surface area contributed by atoms with Crippen LogP contribution in [-0.2, 0) is 13.5 Å². The third-order valence-corrected chi connectivity index (χ3v) is 4.51. The minimum atomic E-state index is 0.398. The van der Waals surface area contributed by atoms with E-state index in [9.17, 15) is 0 Å². The Morgan fingerprint density at radius 2 is 2.32 bits per heavy atom. The fraction of sp³-hybridized carbons (Fsp3) is 0.400. The zero-order valence-corrected chi connectivity index (χ0v) is 12.2. The van der Waals surface area contributed by atoms with Crippen molar-refractivity contribution in [3.05, 3.63) is 41.7 Å². The van der Waals surface area contributed by atoms with Gasteiger partial charge in [-0.15, -0.1) is 11.8 Å². The lowest BCUT2D eigenvalue weighted by Crippen LogP contribution is -2.17. The Morgan fingerprint density at radius 3 is 3.16 bits per heavy atom. The summed E-state index contributed by atoms with van der Waals surface area (Å²) in [7, 11) is 2.04. The van der Waals surface area contributed by atoms with Crippen molar-refractivity contribution >= 4 is 17.4 Å². The molecule has 0 amide bonds. The minimum Gasteiger partial charge on any atom is -0.378 e. The molecular weight excluding hydrogens is 254 g/mol. The number of nitrogens with zero attached hydrogens (tertiary/aromatic N) is 2. The summed E-state index contributed by atoms with van der Waals surface area (Å²) < 4.78 is 2.02. The quantitative estimate of drug-likeness (QED) is 0.866. The van der Waals surface area contributed by atoms with E-state index in [1.165, 1.54) is 34.7 Å². The number of aryl methyl sites for hydroxylation is 1. The van der Waals surface area contributed by atoms with Crippen LogP contribution in [0.4, 0.5) is 5.69 Å². The van der Waals surface area contributed by atoms with Gasteiger partial charge < -0.3 is 5.32 Å². The van der Waals surface area contributed by atoms with Crippen molar-refractivity contribution in [3.8, 4) is 0 Å². The van der Waals surface area contributed by atoms with E-state index in [2.05, 4.69) is 40.9 Å². The Kier molecular flexibility index (Phi) is 3.51. The molecule has 1 aliphatic carbocycles. The highest BCUT2D eigenvalue weighted by atomic mass is 32.2. The number of benzene rings is 1. The van der Waals surface area contributed by atoms with E-state index in [1.54, 1.807) is 11.8 Å². The van der Waals surface area contributed by atoms with Gasteiger partial charge in [0.2, 0.25) is 0 Å². The second-order valence-corrected chi connectivity index (χ2v) is 5.87. The number of hydrogen-bond acceptors (Lipinski definition) is 3. The molecule has 100 valence electrons. The normalized spacial score (nSPS) is 18.1. The Bertz CT molecular complexity index is 577. The van der Waals surface area contributed by atoms with E-state index in [-0.39, 0.29) is 0 Å². The molecule has 1 aromatic carbocycles. The first-order chi connectivity index (χ1) is 9.28. The van der Waals surface area contributed by atoms with Gasteiger partial charge in [0, 0.05) is 28.9 Å². The van der Waals surface area contributed by atoms with Crippen molar-refractivity contribution < 1.29 is 0 Å². The molecule has 0 saturated carbocycles. The van der Waals surface area contributed by atoms with Crippen LogP contribution in [-0.4, -0.2) is 16.0 Å². The van der Waals surface area contributed by atoms with Crippen molar-refractivity contribution in [2.24, 2.45) is 7.05 Å². The topological polar surface area (TPSA) is 29.9 Å². The van der Waals surface area contributed by atoms with Crippen molar-refractivity contribution in [2.45, 2.75) is 30.2 Å². The van der Waals surface area contributed by atoms with Crippen LogP contribution in [0.2, 0.25) is 0 Å². The molecule has 0 spiro atoms. The van der Waals surface area contributed by atoms with Gasteiger partial charge >= 0.3 is 0 Å². The van der Waals surface area contributed by atoms with Gasteiger partial charge in [0.05, 0.1) is 12.2 Å². The summed E-state index contributed by atoms with van der Waals surface area (Å²) in [5.41, 5.74) is 3.95. The third-order valence-electron chi connectivity index (χ3n) is 3.79. The fourth-order valence-corrected chi connectivity index (χ4v) is 3.23. The molecule has 1 atom stereocenters. The van der Waals surface area contributed by atoms with Crippen LogP contribution in [0.25, 0.3) is 0 Å². The molecule has 0 fully saturated rings. The maximum absolute atomic E-state index is 4.40. The van der Waals surface area contributed by atoms with E-state index < -0.39 is 0 Å². The zero-order chi connectivity index (χ0) is 13.2. The van der Waals surface area contributed by atoms with E-state index >= 15 is 0 Å². The van der Waals surface area contributed by atoms with Crippen LogP contribution in [0, 0.1) is 0 Å². The molecule has 1 heterocycles. The average molecular weight is 273 g/mol. The predicted molar refractivity (Wildman–Crippen MR) is 80.7 cm³/mol. The summed E-state index contributed by atoms with van der Waals surface area (Å²) in [5.74, 6) is 0. The molecule has 19 heavy (non-hydrogen) atoms. The van der Waals surface area contributed by atoms with Crippen molar-refractivity contribution in [1.29, 1.82) is 0 Å². The van der Waals surface area contributed by atoms with Crippen LogP contribution in [0.3, 0.4) is 0 Å². The Morgan fingerprint density at radius 1 is 1.42 bits per heavy atom. The predicted octanol–water partition coefficient (Wildman–Crippen LogP) is 3.63. The van der Waals surface area contributed by atoms with Gasteiger partial charge in [-0.05, 0) is 43.7 Å². The van der Waals surface area contributed by atoms with Crippen LogP contribution >= 0.6 is 11.8 Å². The highest BCUT2D eigenvalue weighted by Crippen LogP contribution is 2.32. The molecule has 0 saturated heterocycles. The van der Waals surface area contributed by atoms with E-state index in [4.69, 9.17) is 0 Å². The van der Waals surface area contributed by atoms with E-state index in [0.717, 1.165) is 6.42 Å². The lowest BCUT2D eigenvalue weighted by atomic mass is 9.93. The lowest BCUT2D eigenvalue weighted by molar-refractivity contribution is 0.571. The Labute approximate surface area is 118 Å². The molecule has 4 heteroatoms. The van der Waals surface area contributed by atoms with Gasteiger partial charge in [0.15, 0.2) is 0 Å². The molecule has 0 radical (unpaired) electrons. The second-order valence-electron chi connectivity index (χ2n) is 4.99. The SMILES string of the molecule is CSc1cccc(NC2CCCc3c2cnn3C)c1. The van der Waals surface area contributed by atoms with E-state index in [1.807, 2.05) is 17.9 Å². The summed E-state index contributed by atoms with van der Waals surface area (Å²) in [6.07, 6.45) is 7.69. The van der Waals surface area contributed by atoms with Gasteiger partial charge in [-0.2, -0.15) is 5.10 Å². The Hall–Kier alpha value is -1.42. The summed E-state index contributed by atoms with van der Waals surface area (Å²) >= 11 is 1.78. The molecule has 1 aromatic heterocycles. The molecular formula is C15H19N3S. The molecule has 0 aliphatic heterocycles. The number of anilines is 1. The highest BCUT2D eigenvalue weighted by molar-refractivity contribution is 7.98. The highest BCUT2D eigenvalue weighted by Gasteiger charge is 2.23. The number of rotatable bonds is 3. The molecule has 3 rings (SSSR count). The number of thioether (sulfide) groups is 1. The largest absolute Gasteiger partial charge is 0.378 e. The first kappa shape index (κ1) is 12.6. The third kappa shape index (κ3) is 2.50.